The van der Waals surface area contributed by atoms with E-state index in [-0.39, 0.29) is 22.0 Å². The van der Waals surface area contributed by atoms with Gasteiger partial charge in [-0.15, -0.1) is 0 Å². The highest BCUT2D eigenvalue weighted by Gasteiger charge is 2.28. The minimum Gasteiger partial charge on any atom is -0.508 e. The van der Waals surface area contributed by atoms with Crippen LogP contribution in [0, 0.1) is 6.92 Å². The maximum atomic E-state index is 13.0. The number of rotatable bonds is 5. The second-order valence-electron chi connectivity index (χ2n) is 6.30. The molecule has 0 bridgehead atoms. The summed E-state index contributed by atoms with van der Waals surface area (Å²) in [6.45, 7) is 1.87. The van der Waals surface area contributed by atoms with Gasteiger partial charge in [0.05, 0.1) is 11.1 Å². The van der Waals surface area contributed by atoms with Crippen molar-refractivity contribution in [3.8, 4) is 5.75 Å². The van der Waals surface area contributed by atoms with Gasteiger partial charge in [-0.3, -0.25) is 13.8 Å². The molecule has 2 aromatic carbocycles. The van der Waals surface area contributed by atoms with E-state index in [2.05, 4.69) is 10.4 Å². The number of carbonyl (C=O) groups excluding carboxylic acids is 1. The number of amides is 1. The Labute approximate surface area is 163 Å². The first-order valence-corrected chi connectivity index (χ1v) is 9.82. The van der Waals surface area contributed by atoms with Crippen LogP contribution in [0.3, 0.4) is 0 Å². The lowest BCUT2D eigenvalue weighted by molar-refractivity contribution is 0.102. The van der Waals surface area contributed by atoms with Crippen molar-refractivity contribution >= 4 is 27.4 Å². The van der Waals surface area contributed by atoms with Crippen LogP contribution in [0.5, 0.6) is 5.75 Å². The summed E-state index contributed by atoms with van der Waals surface area (Å²) in [6.07, 6.45) is 1.30. The Morgan fingerprint density at radius 3 is 2.50 bits per heavy atom. The number of phenolic OH excluding ortho intramolecular Hbond substituents is 1. The molecule has 3 aromatic rings. The number of benzene rings is 2. The van der Waals surface area contributed by atoms with E-state index in [1.807, 2.05) is 6.92 Å². The lowest BCUT2D eigenvalue weighted by Gasteiger charge is -2.21. The second-order valence-corrected chi connectivity index (χ2v) is 8.26. The largest absolute Gasteiger partial charge is 0.508 e. The SMILES string of the molecule is Cc1ccc(S(=O)(=O)N(C)c2c(C(=O)Nc3cccc(O)c3)cnn2C)cc1. The molecule has 0 aliphatic heterocycles. The van der Waals surface area contributed by atoms with Gasteiger partial charge in [-0.05, 0) is 31.2 Å². The van der Waals surface area contributed by atoms with Crippen molar-refractivity contribution in [1.82, 2.24) is 9.78 Å². The molecule has 146 valence electrons. The quantitative estimate of drug-likeness (QED) is 0.685. The van der Waals surface area contributed by atoms with E-state index in [0.717, 1.165) is 9.87 Å². The van der Waals surface area contributed by atoms with Crippen molar-refractivity contribution in [2.45, 2.75) is 11.8 Å². The minimum atomic E-state index is -3.88. The number of hydrogen-bond acceptors (Lipinski definition) is 5. The standard InChI is InChI=1S/C19H20N4O4S/c1-13-7-9-16(10-8-13)28(26,27)23(3)19-17(12-20-22(19)2)18(25)21-14-5-4-6-15(24)11-14/h4-12,24H,1-3H3,(H,21,25). The Morgan fingerprint density at radius 2 is 1.86 bits per heavy atom. The van der Waals surface area contributed by atoms with Crippen molar-refractivity contribution < 1.29 is 18.3 Å². The first-order chi connectivity index (χ1) is 13.2. The molecule has 3 rings (SSSR count). The highest BCUT2D eigenvalue weighted by atomic mass is 32.2. The van der Waals surface area contributed by atoms with Crippen LogP contribution in [0.1, 0.15) is 15.9 Å². The van der Waals surface area contributed by atoms with E-state index in [1.165, 1.54) is 42.2 Å². The monoisotopic (exact) mass is 400 g/mol. The maximum Gasteiger partial charge on any atom is 0.265 e. The first kappa shape index (κ1) is 19.4. The molecule has 0 spiro atoms. The summed E-state index contributed by atoms with van der Waals surface area (Å²) in [7, 11) is -0.955. The topological polar surface area (TPSA) is 105 Å². The number of nitrogens with zero attached hydrogens (tertiary/aromatic N) is 3. The van der Waals surface area contributed by atoms with E-state index in [0.29, 0.717) is 5.69 Å². The van der Waals surface area contributed by atoms with Crippen molar-refractivity contribution in [1.29, 1.82) is 0 Å². The summed E-state index contributed by atoms with van der Waals surface area (Å²) >= 11 is 0. The summed E-state index contributed by atoms with van der Waals surface area (Å²) in [4.78, 5) is 12.8. The summed E-state index contributed by atoms with van der Waals surface area (Å²) < 4.78 is 28.3. The van der Waals surface area contributed by atoms with Crippen molar-refractivity contribution in [3.63, 3.8) is 0 Å². The average molecular weight is 400 g/mol. The fourth-order valence-electron chi connectivity index (χ4n) is 2.73. The van der Waals surface area contributed by atoms with E-state index in [1.54, 1.807) is 31.3 Å². The third-order valence-electron chi connectivity index (χ3n) is 4.23. The van der Waals surface area contributed by atoms with Crippen LogP contribution in [-0.4, -0.2) is 36.3 Å². The number of anilines is 2. The number of phenols is 1. The maximum absolute atomic E-state index is 13.0. The lowest BCUT2D eigenvalue weighted by Crippen LogP contribution is -2.30. The second kappa shape index (κ2) is 7.35. The summed E-state index contributed by atoms with van der Waals surface area (Å²) in [5, 5.41) is 16.2. The molecular weight excluding hydrogens is 380 g/mol. The molecule has 0 fully saturated rings. The van der Waals surface area contributed by atoms with Crippen LogP contribution < -0.4 is 9.62 Å². The molecule has 1 aromatic heterocycles. The van der Waals surface area contributed by atoms with Gasteiger partial charge >= 0.3 is 0 Å². The third kappa shape index (κ3) is 3.70. The molecule has 9 heteroatoms. The van der Waals surface area contributed by atoms with Gasteiger partial charge in [-0.2, -0.15) is 5.10 Å². The molecule has 0 aliphatic rings. The van der Waals surface area contributed by atoms with Crippen LogP contribution in [0.15, 0.2) is 59.6 Å². The highest BCUT2D eigenvalue weighted by molar-refractivity contribution is 7.92. The Balaban J connectivity index is 1.95. The normalized spacial score (nSPS) is 11.2. The summed E-state index contributed by atoms with van der Waals surface area (Å²) in [6, 6.07) is 12.5. The Kier molecular flexibility index (Phi) is 5.10. The van der Waals surface area contributed by atoms with Gasteiger partial charge in [-0.25, -0.2) is 8.42 Å². The van der Waals surface area contributed by atoms with E-state index in [9.17, 15) is 18.3 Å². The number of nitrogens with one attached hydrogen (secondary N) is 1. The molecule has 2 N–H and O–H groups in total. The zero-order chi connectivity index (χ0) is 20.5. The van der Waals surface area contributed by atoms with Gasteiger partial charge in [0.1, 0.15) is 11.3 Å². The van der Waals surface area contributed by atoms with Gasteiger partial charge in [0.15, 0.2) is 5.82 Å². The zero-order valence-electron chi connectivity index (χ0n) is 15.6. The molecular formula is C19H20N4O4S. The predicted octanol–water partition coefficient (Wildman–Crippen LogP) is 2.51. The van der Waals surface area contributed by atoms with Gasteiger partial charge in [0, 0.05) is 25.8 Å². The highest BCUT2D eigenvalue weighted by Crippen LogP contribution is 2.26. The number of sulfonamides is 1. The molecule has 28 heavy (non-hydrogen) atoms. The third-order valence-corrected chi connectivity index (χ3v) is 6.00. The molecule has 0 saturated heterocycles. The fourth-order valence-corrected chi connectivity index (χ4v) is 3.97. The molecule has 8 nitrogen and oxygen atoms in total. The zero-order valence-corrected chi connectivity index (χ0v) is 16.4. The Morgan fingerprint density at radius 1 is 1.18 bits per heavy atom. The number of carbonyl (C=O) groups is 1. The molecule has 0 atom stereocenters. The Bertz CT molecular complexity index is 1120. The molecule has 0 unspecified atom stereocenters. The average Bonchev–Trinajstić information content (AvgIpc) is 3.03. The number of hydrogen-bond donors (Lipinski definition) is 2. The lowest BCUT2D eigenvalue weighted by atomic mass is 10.2. The summed E-state index contributed by atoms with van der Waals surface area (Å²) in [5.74, 6) is -0.416. The van der Waals surface area contributed by atoms with Crippen molar-refractivity contribution in [2.75, 3.05) is 16.7 Å². The number of aromatic nitrogens is 2. The molecule has 0 aliphatic carbocycles. The van der Waals surface area contributed by atoms with Crippen LogP contribution in [0.4, 0.5) is 11.5 Å². The first-order valence-electron chi connectivity index (χ1n) is 8.38. The van der Waals surface area contributed by atoms with Gasteiger partial charge in [-0.1, -0.05) is 23.8 Å². The van der Waals surface area contributed by atoms with Crippen LogP contribution >= 0.6 is 0 Å². The number of aryl methyl sites for hydroxylation is 2. The van der Waals surface area contributed by atoms with Crippen LogP contribution in [0.2, 0.25) is 0 Å². The molecule has 1 amide bonds. The van der Waals surface area contributed by atoms with Crippen LogP contribution in [-0.2, 0) is 17.1 Å². The molecule has 0 radical (unpaired) electrons. The van der Waals surface area contributed by atoms with Crippen molar-refractivity contribution in [2.24, 2.45) is 7.05 Å². The molecule has 1 heterocycles. The van der Waals surface area contributed by atoms with Gasteiger partial charge in [0.25, 0.3) is 15.9 Å². The fraction of sp³-hybridized carbons (Fsp3) is 0.158. The van der Waals surface area contributed by atoms with Gasteiger partial charge in [0.2, 0.25) is 0 Å². The van der Waals surface area contributed by atoms with E-state index < -0.39 is 15.9 Å². The van der Waals surface area contributed by atoms with E-state index in [4.69, 9.17) is 0 Å². The Hall–Kier alpha value is -3.33. The van der Waals surface area contributed by atoms with Crippen molar-refractivity contribution in [3.05, 3.63) is 65.9 Å². The summed E-state index contributed by atoms with van der Waals surface area (Å²) in [5.41, 5.74) is 1.40. The van der Waals surface area contributed by atoms with Crippen LogP contribution in [0.25, 0.3) is 0 Å². The van der Waals surface area contributed by atoms with Gasteiger partial charge < -0.3 is 10.4 Å². The number of aromatic hydroxyl groups is 1. The minimum absolute atomic E-state index is 0.00303. The predicted molar refractivity (Wildman–Crippen MR) is 106 cm³/mol. The smallest absolute Gasteiger partial charge is 0.265 e. The molecule has 0 saturated carbocycles. The van der Waals surface area contributed by atoms with E-state index >= 15 is 0 Å².